The molecule has 0 spiro atoms. The number of para-hydroxylation sites is 1. The molecular weight excluding hydrogens is 398 g/mol. The largest absolute Gasteiger partial charge is 0.448 e. The van der Waals surface area contributed by atoms with Gasteiger partial charge in [-0.1, -0.05) is 54.2 Å². The Morgan fingerprint density at radius 3 is 2.50 bits per heavy atom. The fourth-order valence-electron chi connectivity index (χ4n) is 3.66. The van der Waals surface area contributed by atoms with Crippen molar-refractivity contribution in [3.05, 3.63) is 77.6 Å². The van der Waals surface area contributed by atoms with E-state index in [1.807, 2.05) is 54.8 Å². The fraction of sp³-hybridized carbons (Fsp3) is 0.261. The molecule has 7 heteroatoms. The van der Waals surface area contributed by atoms with Crippen molar-refractivity contribution in [1.29, 1.82) is 0 Å². The summed E-state index contributed by atoms with van der Waals surface area (Å²) < 4.78 is 7.31. The van der Waals surface area contributed by atoms with E-state index in [2.05, 4.69) is 11.1 Å². The lowest BCUT2D eigenvalue weighted by molar-refractivity contribution is -0.140. The number of esters is 1. The number of benzene rings is 2. The number of fused-ring (bicyclic) bond motifs is 1. The molecule has 2 heterocycles. The molecule has 0 fully saturated rings. The number of carbonyl (C=O) groups excluding carboxylic acids is 2. The van der Waals surface area contributed by atoms with Crippen LogP contribution in [-0.4, -0.2) is 45.2 Å². The SMILES string of the molecule is CSc1ncc(C(=O)O[C@H](C)C(=O)N2CCc3ccccc3C2)n1-c1ccccc1. The van der Waals surface area contributed by atoms with Crippen LogP contribution in [0.1, 0.15) is 28.5 Å². The molecule has 0 saturated heterocycles. The first-order valence-electron chi connectivity index (χ1n) is 9.82. The quantitative estimate of drug-likeness (QED) is 0.464. The van der Waals surface area contributed by atoms with E-state index in [-0.39, 0.29) is 5.91 Å². The van der Waals surface area contributed by atoms with Gasteiger partial charge in [0.2, 0.25) is 0 Å². The summed E-state index contributed by atoms with van der Waals surface area (Å²) in [5, 5.41) is 0.680. The molecule has 0 aliphatic carbocycles. The Kier molecular flexibility index (Phi) is 5.90. The van der Waals surface area contributed by atoms with Crippen LogP contribution in [-0.2, 0) is 22.5 Å². The van der Waals surface area contributed by atoms with Crippen LogP contribution in [0.15, 0.2) is 66.0 Å². The second-order valence-corrected chi connectivity index (χ2v) is 7.90. The van der Waals surface area contributed by atoms with Gasteiger partial charge in [-0.3, -0.25) is 9.36 Å². The molecule has 4 rings (SSSR count). The Balaban J connectivity index is 1.49. The van der Waals surface area contributed by atoms with Gasteiger partial charge in [-0.15, -0.1) is 0 Å². The average Bonchev–Trinajstić information content (AvgIpc) is 3.23. The highest BCUT2D eigenvalue weighted by Crippen LogP contribution is 2.23. The number of ether oxygens (including phenoxy) is 1. The van der Waals surface area contributed by atoms with Crippen molar-refractivity contribution in [3.8, 4) is 5.69 Å². The molecule has 30 heavy (non-hydrogen) atoms. The van der Waals surface area contributed by atoms with E-state index in [4.69, 9.17) is 4.74 Å². The predicted octanol–water partition coefficient (Wildman–Crippen LogP) is 3.72. The third kappa shape index (κ3) is 3.98. The summed E-state index contributed by atoms with van der Waals surface area (Å²) in [4.78, 5) is 31.9. The van der Waals surface area contributed by atoms with Gasteiger partial charge in [-0.05, 0) is 42.9 Å². The third-order valence-electron chi connectivity index (χ3n) is 5.21. The Hall–Kier alpha value is -3.06. The highest BCUT2D eigenvalue weighted by Gasteiger charge is 2.28. The van der Waals surface area contributed by atoms with Gasteiger partial charge in [0.05, 0.1) is 6.20 Å². The minimum atomic E-state index is -0.875. The van der Waals surface area contributed by atoms with Crippen molar-refractivity contribution in [2.45, 2.75) is 31.1 Å². The monoisotopic (exact) mass is 421 g/mol. The number of amides is 1. The van der Waals surface area contributed by atoms with Crippen molar-refractivity contribution in [1.82, 2.24) is 14.5 Å². The first-order valence-corrected chi connectivity index (χ1v) is 11.0. The van der Waals surface area contributed by atoms with Crippen molar-refractivity contribution in [3.63, 3.8) is 0 Å². The molecule has 1 atom stereocenters. The molecule has 0 radical (unpaired) electrons. The van der Waals surface area contributed by atoms with E-state index < -0.39 is 12.1 Å². The Morgan fingerprint density at radius 2 is 1.77 bits per heavy atom. The average molecular weight is 422 g/mol. The van der Waals surface area contributed by atoms with Gasteiger partial charge in [0.25, 0.3) is 5.91 Å². The zero-order valence-electron chi connectivity index (χ0n) is 16.9. The predicted molar refractivity (Wildman–Crippen MR) is 116 cm³/mol. The van der Waals surface area contributed by atoms with Crippen molar-refractivity contribution >= 4 is 23.6 Å². The summed E-state index contributed by atoms with van der Waals surface area (Å²) in [7, 11) is 0. The molecule has 0 unspecified atom stereocenters. The van der Waals surface area contributed by atoms with Crippen LogP contribution < -0.4 is 0 Å². The van der Waals surface area contributed by atoms with E-state index in [1.54, 1.807) is 16.4 Å². The molecule has 0 saturated carbocycles. The van der Waals surface area contributed by atoms with Crippen LogP contribution in [0, 0.1) is 0 Å². The lowest BCUT2D eigenvalue weighted by atomic mass is 9.99. The molecule has 1 aromatic heterocycles. The van der Waals surface area contributed by atoms with E-state index >= 15 is 0 Å². The number of carbonyl (C=O) groups is 2. The molecule has 0 N–H and O–H groups in total. The number of aromatic nitrogens is 2. The standard InChI is InChI=1S/C23H23N3O3S/c1-16(21(27)25-13-12-17-8-6-7-9-18(17)15-25)29-22(28)20-14-24-23(30-2)26(20)19-10-4-3-5-11-19/h3-11,14,16H,12-13,15H2,1-2H3/t16-/m1/s1. The van der Waals surface area contributed by atoms with E-state index in [1.165, 1.54) is 23.5 Å². The number of hydrogen-bond donors (Lipinski definition) is 0. The normalized spacial score (nSPS) is 14.1. The lowest BCUT2D eigenvalue weighted by Crippen LogP contribution is -2.42. The molecule has 6 nitrogen and oxygen atoms in total. The summed E-state index contributed by atoms with van der Waals surface area (Å²) in [6.07, 6.45) is 3.33. The molecule has 2 aromatic carbocycles. The van der Waals surface area contributed by atoms with E-state index in [9.17, 15) is 9.59 Å². The summed E-state index contributed by atoms with van der Waals surface area (Å²) in [6, 6.07) is 17.6. The van der Waals surface area contributed by atoms with Crippen molar-refractivity contribution in [2.24, 2.45) is 0 Å². The van der Waals surface area contributed by atoms with Gasteiger partial charge in [0.1, 0.15) is 0 Å². The smallest absolute Gasteiger partial charge is 0.357 e. The van der Waals surface area contributed by atoms with Crippen LogP contribution in [0.2, 0.25) is 0 Å². The number of hydrogen-bond acceptors (Lipinski definition) is 5. The minimum absolute atomic E-state index is 0.186. The molecular formula is C23H23N3O3S. The summed E-state index contributed by atoms with van der Waals surface area (Å²) in [6.45, 7) is 2.78. The van der Waals surface area contributed by atoms with Crippen LogP contribution in [0.4, 0.5) is 0 Å². The summed E-state index contributed by atoms with van der Waals surface area (Å²) >= 11 is 1.44. The molecule has 1 amide bonds. The number of nitrogens with zero attached hydrogens (tertiary/aromatic N) is 3. The summed E-state index contributed by atoms with van der Waals surface area (Å²) in [5.41, 5.74) is 3.53. The maximum absolute atomic E-state index is 12.9. The molecule has 1 aliphatic heterocycles. The second-order valence-electron chi connectivity index (χ2n) is 7.13. The molecule has 0 bridgehead atoms. The zero-order chi connectivity index (χ0) is 21.1. The van der Waals surface area contributed by atoms with E-state index in [0.29, 0.717) is 23.9 Å². The number of imidazole rings is 1. The lowest BCUT2D eigenvalue weighted by Gasteiger charge is -2.30. The van der Waals surface area contributed by atoms with Gasteiger partial charge in [-0.25, -0.2) is 9.78 Å². The topological polar surface area (TPSA) is 64.4 Å². The van der Waals surface area contributed by atoms with Gasteiger partial charge >= 0.3 is 5.97 Å². The van der Waals surface area contributed by atoms with Crippen molar-refractivity contribution < 1.29 is 14.3 Å². The highest BCUT2D eigenvalue weighted by molar-refractivity contribution is 7.98. The van der Waals surface area contributed by atoms with Gasteiger partial charge in [0.15, 0.2) is 17.0 Å². The second kappa shape index (κ2) is 8.75. The Bertz CT molecular complexity index is 1060. The molecule has 3 aromatic rings. The van der Waals surface area contributed by atoms with Gasteiger partial charge < -0.3 is 9.64 Å². The van der Waals surface area contributed by atoms with Crippen molar-refractivity contribution in [2.75, 3.05) is 12.8 Å². The van der Waals surface area contributed by atoms with Crippen LogP contribution in [0.5, 0.6) is 0 Å². The first kappa shape index (κ1) is 20.2. The Labute approximate surface area is 179 Å². The highest BCUT2D eigenvalue weighted by atomic mass is 32.2. The molecule has 154 valence electrons. The van der Waals surface area contributed by atoms with Crippen LogP contribution in [0.3, 0.4) is 0 Å². The third-order valence-corrected chi connectivity index (χ3v) is 5.86. The number of thioether (sulfide) groups is 1. The van der Waals surface area contributed by atoms with Gasteiger partial charge in [-0.2, -0.15) is 0 Å². The Morgan fingerprint density at radius 1 is 1.07 bits per heavy atom. The minimum Gasteiger partial charge on any atom is -0.448 e. The fourth-order valence-corrected chi connectivity index (χ4v) is 4.21. The van der Waals surface area contributed by atoms with Crippen LogP contribution >= 0.6 is 11.8 Å². The van der Waals surface area contributed by atoms with E-state index in [0.717, 1.165) is 17.7 Å². The van der Waals surface area contributed by atoms with Crippen LogP contribution in [0.25, 0.3) is 5.69 Å². The first-order chi connectivity index (χ1) is 14.6. The maximum atomic E-state index is 12.9. The molecule has 1 aliphatic rings. The van der Waals surface area contributed by atoms with Gasteiger partial charge in [0, 0.05) is 18.8 Å². The number of rotatable bonds is 5. The zero-order valence-corrected chi connectivity index (χ0v) is 17.8. The maximum Gasteiger partial charge on any atom is 0.357 e. The summed E-state index contributed by atoms with van der Waals surface area (Å²) in [5.74, 6) is -0.751.